The van der Waals surface area contributed by atoms with E-state index in [1.165, 1.54) is 12.1 Å². The number of aromatic nitrogens is 1. The van der Waals surface area contributed by atoms with E-state index in [1.54, 1.807) is 0 Å². The van der Waals surface area contributed by atoms with Crippen molar-refractivity contribution in [3.63, 3.8) is 0 Å². The molecule has 0 spiro atoms. The van der Waals surface area contributed by atoms with Crippen molar-refractivity contribution in [2.45, 2.75) is 19.1 Å². The molecule has 1 saturated heterocycles. The topological polar surface area (TPSA) is 62.3 Å². The monoisotopic (exact) mass is 273 g/mol. The van der Waals surface area contributed by atoms with Crippen molar-refractivity contribution in [1.29, 1.82) is 0 Å². The van der Waals surface area contributed by atoms with Crippen LogP contribution in [0.15, 0.2) is 18.2 Å². The minimum absolute atomic E-state index is 0.0141. The first-order chi connectivity index (χ1) is 8.88. The van der Waals surface area contributed by atoms with Crippen molar-refractivity contribution in [3.05, 3.63) is 29.6 Å². The lowest BCUT2D eigenvalue weighted by atomic mass is 10.2. The zero-order chi connectivity index (χ0) is 14.0. The van der Waals surface area contributed by atoms with Gasteiger partial charge in [-0.3, -0.25) is 9.69 Å². The van der Waals surface area contributed by atoms with Crippen molar-refractivity contribution in [2.24, 2.45) is 0 Å². The Morgan fingerprint density at radius 2 is 2.05 bits per heavy atom. The number of imide groups is 1. The first kappa shape index (κ1) is 13.3. The Morgan fingerprint density at radius 3 is 2.68 bits per heavy atom. The maximum absolute atomic E-state index is 12.5. The number of hydrogen-bond donors (Lipinski definition) is 1. The fraction of sp³-hybridized carbons (Fsp3) is 0.364. The summed E-state index contributed by atoms with van der Waals surface area (Å²) in [4.78, 5) is 27.2. The second-order valence-corrected chi connectivity index (χ2v) is 3.97. The van der Waals surface area contributed by atoms with E-state index in [0.717, 1.165) is 11.0 Å². The van der Waals surface area contributed by atoms with E-state index in [4.69, 9.17) is 0 Å². The number of carbonyl (C=O) groups excluding carboxylic acids is 2. The van der Waals surface area contributed by atoms with Gasteiger partial charge >= 0.3 is 12.2 Å². The quantitative estimate of drug-likeness (QED) is 0.889. The van der Waals surface area contributed by atoms with Crippen LogP contribution in [0.1, 0.15) is 17.8 Å². The van der Waals surface area contributed by atoms with Gasteiger partial charge in [0.25, 0.3) is 0 Å². The molecule has 102 valence electrons. The van der Waals surface area contributed by atoms with E-state index in [-0.39, 0.29) is 25.2 Å². The summed E-state index contributed by atoms with van der Waals surface area (Å²) >= 11 is 0. The van der Waals surface area contributed by atoms with Crippen LogP contribution in [0.5, 0.6) is 0 Å². The summed E-state index contributed by atoms with van der Waals surface area (Å²) in [6.45, 7) is -0.0290. The highest BCUT2D eigenvalue weighted by molar-refractivity contribution is 5.96. The standard InChI is InChI=1S/C11H10F3N3O2/c12-11(13,14)8-3-1-2-7(16-8)6-17-9(18)4-5-15-10(17)19/h1-3H,4-6H2,(H,15,19). The number of rotatable bonds is 2. The normalized spacial score (nSPS) is 16.5. The highest BCUT2D eigenvalue weighted by atomic mass is 19.4. The van der Waals surface area contributed by atoms with Crippen LogP contribution in [-0.4, -0.2) is 28.4 Å². The van der Waals surface area contributed by atoms with Gasteiger partial charge in [-0.2, -0.15) is 13.2 Å². The summed E-state index contributed by atoms with van der Waals surface area (Å²) < 4.78 is 37.4. The summed E-state index contributed by atoms with van der Waals surface area (Å²) in [7, 11) is 0. The SMILES string of the molecule is O=C1CCNC(=O)N1Cc1cccc(C(F)(F)F)n1. The molecule has 0 bridgehead atoms. The summed E-state index contributed by atoms with van der Waals surface area (Å²) in [6, 6.07) is 2.75. The molecule has 19 heavy (non-hydrogen) atoms. The van der Waals surface area contributed by atoms with Crippen LogP contribution in [0.3, 0.4) is 0 Å². The van der Waals surface area contributed by atoms with Crippen LogP contribution in [0, 0.1) is 0 Å². The number of hydrogen-bond acceptors (Lipinski definition) is 3. The predicted molar refractivity (Wildman–Crippen MR) is 57.8 cm³/mol. The van der Waals surface area contributed by atoms with Crippen molar-refractivity contribution in [1.82, 2.24) is 15.2 Å². The third-order valence-electron chi connectivity index (χ3n) is 2.58. The number of nitrogens with one attached hydrogen (secondary N) is 1. The zero-order valence-corrected chi connectivity index (χ0v) is 9.70. The second-order valence-electron chi connectivity index (χ2n) is 3.97. The number of urea groups is 1. The first-order valence-corrected chi connectivity index (χ1v) is 5.49. The predicted octanol–water partition coefficient (Wildman–Crippen LogP) is 1.54. The fourth-order valence-electron chi connectivity index (χ4n) is 1.67. The molecule has 0 aliphatic carbocycles. The lowest BCUT2D eigenvalue weighted by Gasteiger charge is -2.25. The molecule has 1 aliphatic rings. The van der Waals surface area contributed by atoms with Gasteiger partial charge in [0.1, 0.15) is 5.69 Å². The van der Waals surface area contributed by atoms with E-state index >= 15 is 0 Å². The largest absolute Gasteiger partial charge is 0.433 e. The number of carbonyl (C=O) groups is 2. The molecule has 1 N–H and O–H groups in total. The van der Waals surface area contributed by atoms with Gasteiger partial charge in [0.2, 0.25) is 5.91 Å². The van der Waals surface area contributed by atoms with Crippen LogP contribution in [0.4, 0.5) is 18.0 Å². The molecule has 1 fully saturated rings. The maximum atomic E-state index is 12.5. The Labute approximate surface area is 106 Å². The van der Waals surface area contributed by atoms with Gasteiger partial charge in [-0.1, -0.05) is 6.07 Å². The Hall–Kier alpha value is -2.12. The van der Waals surface area contributed by atoms with Crippen LogP contribution in [-0.2, 0) is 17.5 Å². The lowest BCUT2D eigenvalue weighted by Crippen LogP contribution is -2.49. The van der Waals surface area contributed by atoms with Gasteiger partial charge in [0.15, 0.2) is 0 Å². The van der Waals surface area contributed by atoms with Gasteiger partial charge in [0, 0.05) is 13.0 Å². The summed E-state index contributed by atoms with van der Waals surface area (Å²) in [5.74, 6) is -0.428. The highest BCUT2D eigenvalue weighted by Crippen LogP contribution is 2.27. The van der Waals surface area contributed by atoms with Crippen LogP contribution < -0.4 is 5.32 Å². The average molecular weight is 273 g/mol. The van der Waals surface area contributed by atoms with Crippen LogP contribution in [0.25, 0.3) is 0 Å². The van der Waals surface area contributed by atoms with Crippen molar-refractivity contribution in [3.8, 4) is 0 Å². The van der Waals surface area contributed by atoms with Crippen molar-refractivity contribution < 1.29 is 22.8 Å². The number of halogens is 3. The lowest BCUT2D eigenvalue weighted by molar-refractivity contribution is -0.141. The smallest absolute Gasteiger partial charge is 0.337 e. The Balaban J connectivity index is 2.19. The molecule has 0 radical (unpaired) electrons. The molecule has 8 heteroatoms. The van der Waals surface area contributed by atoms with E-state index in [1.807, 2.05) is 0 Å². The van der Waals surface area contributed by atoms with Gasteiger partial charge in [0.05, 0.1) is 12.2 Å². The van der Waals surface area contributed by atoms with Gasteiger partial charge in [-0.25, -0.2) is 9.78 Å². The molecule has 0 aromatic carbocycles. The molecule has 0 atom stereocenters. The fourth-order valence-corrected chi connectivity index (χ4v) is 1.67. The molecule has 2 rings (SSSR count). The molecule has 1 aromatic rings. The minimum atomic E-state index is -4.55. The summed E-state index contributed by atoms with van der Waals surface area (Å²) in [5.41, 5.74) is -1.03. The Morgan fingerprint density at radius 1 is 1.32 bits per heavy atom. The van der Waals surface area contributed by atoms with E-state index < -0.39 is 23.8 Å². The van der Waals surface area contributed by atoms with Gasteiger partial charge in [-0.05, 0) is 12.1 Å². The average Bonchev–Trinajstić information content (AvgIpc) is 2.33. The van der Waals surface area contributed by atoms with E-state index in [2.05, 4.69) is 10.3 Å². The number of alkyl halides is 3. The second kappa shape index (κ2) is 4.87. The molecule has 3 amide bonds. The zero-order valence-electron chi connectivity index (χ0n) is 9.70. The van der Waals surface area contributed by atoms with E-state index in [0.29, 0.717) is 0 Å². The molecule has 0 unspecified atom stereocenters. The number of nitrogens with zero attached hydrogens (tertiary/aromatic N) is 2. The third kappa shape index (κ3) is 3.01. The van der Waals surface area contributed by atoms with Crippen LogP contribution in [0.2, 0.25) is 0 Å². The molecular formula is C11H10F3N3O2. The molecule has 2 heterocycles. The first-order valence-electron chi connectivity index (χ1n) is 5.49. The molecule has 1 aromatic heterocycles. The number of amides is 3. The van der Waals surface area contributed by atoms with Crippen molar-refractivity contribution in [2.75, 3.05) is 6.54 Å². The minimum Gasteiger partial charge on any atom is -0.337 e. The molecular weight excluding hydrogens is 263 g/mol. The van der Waals surface area contributed by atoms with Gasteiger partial charge < -0.3 is 5.32 Å². The Bertz CT molecular complexity index is 500. The summed E-state index contributed by atoms with van der Waals surface area (Å²) in [6.07, 6.45) is -4.42. The van der Waals surface area contributed by atoms with Gasteiger partial charge in [-0.15, -0.1) is 0 Å². The number of pyridine rings is 1. The third-order valence-corrected chi connectivity index (χ3v) is 2.58. The summed E-state index contributed by atoms with van der Waals surface area (Å²) in [5, 5.41) is 2.44. The maximum Gasteiger partial charge on any atom is 0.433 e. The highest BCUT2D eigenvalue weighted by Gasteiger charge is 2.33. The molecule has 0 saturated carbocycles. The Kier molecular flexibility index (Phi) is 3.41. The van der Waals surface area contributed by atoms with Crippen LogP contribution >= 0.6 is 0 Å². The van der Waals surface area contributed by atoms with Crippen molar-refractivity contribution >= 4 is 11.9 Å². The molecule has 5 nitrogen and oxygen atoms in total. The molecule has 1 aliphatic heterocycles. The van der Waals surface area contributed by atoms with E-state index in [9.17, 15) is 22.8 Å².